The molecule has 2 rings (SSSR count). The Morgan fingerprint density at radius 1 is 1.39 bits per heavy atom. The van der Waals surface area contributed by atoms with Gasteiger partial charge in [0.15, 0.2) is 5.76 Å². The molecule has 0 aliphatic heterocycles. The Labute approximate surface area is 105 Å². The van der Waals surface area contributed by atoms with Crippen LogP contribution in [0, 0.1) is 0 Å². The fourth-order valence-electron chi connectivity index (χ4n) is 1.52. The fourth-order valence-corrected chi connectivity index (χ4v) is 1.52. The summed E-state index contributed by atoms with van der Waals surface area (Å²) in [5, 5.41) is 3.74. The van der Waals surface area contributed by atoms with Crippen LogP contribution in [0.15, 0.2) is 47.1 Å². The Kier molecular flexibility index (Phi) is 3.91. The lowest BCUT2D eigenvalue weighted by atomic mass is 10.1. The van der Waals surface area contributed by atoms with Crippen molar-refractivity contribution in [2.45, 2.75) is 6.92 Å². The quantitative estimate of drug-likeness (QED) is 0.612. The van der Waals surface area contributed by atoms with Gasteiger partial charge in [-0.25, -0.2) is 4.79 Å². The largest absolute Gasteiger partial charge is 0.463 e. The van der Waals surface area contributed by atoms with Gasteiger partial charge in [0.05, 0.1) is 12.8 Å². The van der Waals surface area contributed by atoms with Gasteiger partial charge < -0.3 is 9.26 Å². The van der Waals surface area contributed by atoms with Gasteiger partial charge in [0.2, 0.25) is 0 Å². The first-order valence-electron chi connectivity index (χ1n) is 5.66. The lowest BCUT2D eigenvalue weighted by Gasteiger charge is -1.97. The number of ether oxygens (including phenoxy) is 1. The van der Waals surface area contributed by atoms with Crippen molar-refractivity contribution in [2.24, 2.45) is 0 Å². The third-order valence-electron chi connectivity index (χ3n) is 2.32. The molecule has 0 saturated carbocycles. The maximum atomic E-state index is 11.2. The van der Waals surface area contributed by atoms with E-state index in [-0.39, 0.29) is 5.97 Å². The second kappa shape index (κ2) is 5.82. The normalized spacial score (nSPS) is 10.7. The van der Waals surface area contributed by atoms with E-state index in [2.05, 4.69) is 5.16 Å². The predicted molar refractivity (Wildman–Crippen MR) is 67.6 cm³/mol. The molecular formula is C14H13NO3. The Morgan fingerprint density at radius 2 is 2.17 bits per heavy atom. The van der Waals surface area contributed by atoms with E-state index in [4.69, 9.17) is 9.26 Å². The number of carbonyl (C=O) groups excluding carboxylic acids is 1. The van der Waals surface area contributed by atoms with E-state index < -0.39 is 0 Å². The Hall–Kier alpha value is -2.36. The molecule has 4 heteroatoms. The third kappa shape index (κ3) is 2.85. The molecule has 0 unspecified atom stereocenters. The van der Waals surface area contributed by atoms with Gasteiger partial charge in [0.25, 0.3) is 0 Å². The zero-order chi connectivity index (χ0) is 12.8. The first-order valence-corrected chi connectivity index (χ1v) is 5.66. The fraction of sp³-hybridized carbons (Fsp3) is 0.143. The summed E-state index contributed by atoms with van der Waals surface area (Å²) in [7, 11) is 0. The number of carbonyl (C=O) groups is 1. The molecule has 18 heavy (non-hydrogen) atoms. The number of benzene rings is 1. The SMILES string of the molecule is CCOC(=O)C=Cc1cnoc1-c1ccccc1. The molecule has 0 bridgehead atoms. The molecule has 0 atom stereocenters. The number of aromatic nitrogens is 1. The molecule has 0 spiro atoms. The molecule has 0 saturated heterocycles. The number of rotatable bonds is 4. The molecule has 0 radical (unpaired) electrons. The van der Waals surface area contributed by atoms with Gasteiger partial charge in [0.1, 0.15) is 0 Å². The van der Waals surface area contributed by atoms with E-state index in [1.165, 1.54) is 6.08 Å². The van der Waals surface area contributed by atoms with Crippen molar-refractivity contribution < 1.29 is 14.1 Å². The Balaban J connectivity index is 2.21. The second-order valence-corrected chi connectivity index (χ2v) is 3.56. The first kappa shape index (κ1) is 12.1. The van der Waals surface area contributed by atoms with Crippen LogP contribution in [0.25, 0.3) is 17.4 Å². The van der Waals surface area contributed by atoms with Gasteiger partial charge in [-0.15, -0.1) is 0 Å². The lowest BCUT2D eigenvalue weighted by molar-refractivity contribution is -0.137. The van der Waals surface area contributed by atoms with Gasteiger partial charge in [-0.1, -0.05) is 35.5 Å². The molecule has 0 aliphatic rings. The molecule has 1 aromatic heterocycles. The third-order valence-corrected chi connectivity index (χ3v) is 2.32. The minimum Gasteiger partial charge on any atom is -0.463 e. The smallest absolute Gasteiger partial charge is 0.330 e. The summed E-state index contributed by atoms with van der Waals surface area (Å²) in [4.78, 5) is 11.2. The first-order chi connectivity index (χ1) is 8.81. The van der Waals surface area contributed by atoms with Crippen LogP contribution in [-0.2, 0) is 9.53 Å². The van der Waals surface area contributed by atoms with Crippen LogP contribution < -0.4 is 0 Å². The summed E-state index contributed by atoms with van der Waals surface area (Å²) in [6, 6.07) is 9.59. The highest BCUT2D eigenvalue weighted by atomic mass is 16.5. The van der Waals surface area contributed by atoms with E-state index in [9.17, 15) is 4.79 Å². The maximum Gasteiger partial charge on any atom is 0.330 e. The molecule has 4 nitrogen and oxygen atoms in total. The van der Waals surface area contributed by atoms with E-state index in [1.807, 2.05) is 30.3 Å². The molecule has 0 N–H and O–H groups in total. The van der Waals surface area contributed by atoms with E-state index in [0.29, 0.717) is 12.4 Å². The Morgan fingerprint density at radius 3 is 2.89 bits per heavy atom. The summed E-state index contributed by atoms with van der Waals surface area (Å²) < 4.78 is 10.00. The number of hydrogen-bond acceptors (Lipinski definition) is 4. The summed E-state index contributed by atoms with van der Waals surface area (Å²) >= 11 is 0. The second-order valence-electron chi connectivity index (χ2n) is 3.56. The molecule has 1 aromatic carbocycles. The van der Waals surface area contributed by atoms with Crippen LogP contribution in [0.2, 0.25) is 0 Å². The highest BCUT2D eigenvalue weighted by molar-refractivity contribution is 5.88. The van der Waals surface area contributed by atoms with Crippen molar-refractivity contribution >= 4 is 12.0 Å². The standard InChI is InChI=1S/C14H13NO3/c1-2-17-13(16)9-8-12-10-15-18-14(12)11-6-4-3-5-7-11/h3-10H,2H2,1H3. The highest BCUT2D eigenvalue weighted by Gasteiger charge is 2.08. The van der Waals surface area contributed by atoms with E-state index in [0.717, 1.165) is 11.1 Å². The van der Waals surface area contributed by atoms with Crippen LogP contribution in [-0.4, -0.2) is 17.7 Å². The zero-order valence-corrected chi connectivity index (χ0v) is 10.00. The van der Waals surface area contributed by atoms with Crippen LogP contribution in [0.5, 0.6) is 0 Å². The summed E-state index contributed by atoms with van der Waals surface area (Å²) in [6.45, 7) is 2.12. The van der Waals surface area contributed by atoms with Crippen LogP contribution >= 0.6 is 0 Å². The molecule has 92 valence electrons. The molecule has 1 heterocycles. The van der Waals surface area contributed by atoms with Crippen LogP contribution in [0.4, 0.5) is 0 Å². The van der Waals surface area contributed by atoms with Gasteiger partial charge in [-0.2, -0.15) is 0 Å². The van der Waals surface area contributed by atoms with Crippen molar-refractivity contribution in [3.8, 4) is 11.3 Å². The molecule has 0 aliphatic carbocycles. The predicted octanol–water partition coefficient (Wildman–Crippen LogP) is 2.92. The van der Waals surface area contributed by atoms with Gasteiger partial charge in [0, 0.05) is 17.2 Å². The van der Waals surface area contributed by atoms with Crippen molar-refractivity contribution in [2.75, 3.05) is 6.61 Å². The van der Waals surface area contributed by atoms with Gasteiger partial charge in [-0.05, 0) is 13.0 Å². The van der Waals surface area contributed by atoms with Crippen molar-refractivity contribution in [3.63, 3.8) is 0 Å². The zero-order valence-electron chi connectivity index (χ0n) is 10.00. The van der Waals surface area contributed by atoms with Crippen molar-refractivity contribution in [1.29, 1.82) is 0 Å². The summed E-state index contributed by atoms with van der Waals surface area (Å²) in [5.74, 6) is 0.258. The lowest BCUT2D eigenvalue weighted by Crippen LogP contribution is -1.98. The highest BCUT2D eigenvalue weighted by Crippen LogP contribution is 2.24. The van der Waals surface area contributed by atoms with E-state index >= 15 is 0 Å². The minimum atomic E-state index is -0.377. The Bertz CT molecular complexity index is 543. The van der Waals surface area contributed by atoms with Gasteiger partial charge in [-0.3, -0.25) is 0 Å². The van der Waals surface area contributed by atoms with Crippen molar-refractivity contribution in [1.82, 2.24) is 5.16 Å². The summed E-state index contributed by atoms with van der Waals surface area (Å²) in [6.07, 6.45) is 4.57. The summed E-state index contributed by atoms with van der Waals surface area (Å²) in [5.41, 5.74) is 1.66. The average Bonchev–Trinajstić information content (AvgIpc) is 2.86. The van der Waals surface area contributed by atoms with Crippen molar-refractivity contribution in [3.05, 3.63) is 48.2 Å². The van der Waals surface area contributed by atoms with Gasteiger partial charge >= 0.3 is 5.97 Å². The number of hydrogen-bond donors (Lipinski definition) is 0. The minimum absolute atomic E-state index is 0.359. The molecule has 0 fully saturated rings. The van der Waals surface area contributed by atoms with E-state index in [1.54, 1.807) is 19.2 Å². The monoisotopic (exact) mass is 243 g/mol. The van der Waals surface area contributed by atoms with Crippen LogP contribution in [0.3, 0.4) is 0 Å². The number of nitrogens with zero attached hydrogens (tertiary/aromatic N) is 1. The number of esters is 1. The topological polar surface area (TPSA) is 52.3 Å². The molecule has 2 aromatic rings. The molecular weight excluding hydrogens is 230 g/mol. The average molecular weight is 243 g/mol. The maximum absolute atomic E-state index is 11.2. The molecule has 0 amide bonds. The van der Waals surface area contributed by atoms with Crippen LogP contribution in [0.1, 0.15) is 12.5 Å².